The molecule has 1 heterocycles. The quantitative estimate of drug-likeness (QED) is 0.854. The van der Waals surface area contributed by atoms with Gasteiger partial charge in [-0.05, 0) is 18.2 Å². The van der Waals surface area contributed by atoms with Gasteiger partial charge in [-0.15, -0.1) is 0 Å². The topological polar surface area (TPSA) is 101 Å². The van der Waals surface area contributed by atoms with Crippen LogP contribution in [-0.4, -0.2) is 25.0 Å². The SMILES string of the molecule is CN1CC=C2C(N)=C(c3ccccc3)C(C#N)(C#N)C(C#N)C2C1. The van der Waals surface area contributed by atoms with Gasteiger partial charge >= 0.3 is 0 Å². The normalized spacial score (nSPS) is 25.7. The maximum Gasteiger partial charge on any atom is 0.187 e. The summed E-state index contributed by atoms with van der Waals surface area (Å²) in [5.41, 5.74) is 7.41. The van der Waals surface area contributed by atoms with Gasteiger partial charge in [-0.1, -0.05) is 36.4 Å². The molecule has 1 aliphatic heterocycles. The van der Waals surface area contributed by atoms with Crippen molar-refractivity contribution in [3.05, 3.63) is 53.2 Å². The minimum Gasteiger partial charge on any atom is -0.398 e. The lowest BCUT2D eigenvalue weighted by atomic mass is 9.58. The molecule has 2 unspecified atom stereocenters. The summed E-state index contributed by atoms with van der Waals surface area (Å²) in [4.78, 5) is 2.07. The van der Waals surface area contributed by atoms with Crippen LogP contribution >= 0.6 is 0 Å². The Balaban J connectivity index is 2.35. The Hall–Kier alpha value is -3.07. The van der Waals surface area contributed by atoms with Gasteiger partial charge in [-0.25, -0.2) is 0 Å². The van der Waals surface area contributed by atoms with Gasteiger partial charge in [0.2, 0.25) is 0 Å². The molecule has 2 aliphatic rings. The third kappa shape index (κ3) is 2.09. The van der Waals surface area contributed by atoms with Crippen LogP contribution in [0.4, 0.5) is 0 Å². The van der Waals surface area contributed by atoms with Gasteiger partial charge in [0.25, 0.3) is 0 Å². The smallest absolute Gasteiger partial charge is 0.187 e. The highest BCUT2D eigenvalue weighted by molar-refractivity contribution is 5.83. The Morgan fingerprint density at radius 1 is 1.17 bits per heavy atom. The zero-order valence-corrected chi connectivity index (χ0v) is 13.4. The minimum atomic E-state index is -1.57. The number of fused-ring (bicyclic) bond motifs is 1. The van der Waals surface area contributed by atoms with E-state index in [1.54, 1.807) is 0 Å². The van der Waals surface area contributed by atoms with E-state index >= 15 is 0 Å². The van der Waals surface area contributed by atoms with Crippen molar-refractivity contribution in [2.45, 2.75) is 0 Å². The number of nitriles is 3. The number of likely N-dealkylation sites (N-methyl/N-ethyl adjacent to an activating group) is 1. The summed E-state index contributed by atoms with van der Waals surface area (Å²) in [6.07, 6.45) is 2.01. The van der Waals surface area contributed by atoms with Gasteiger partial charge in [0.15, 0.2) is 5.41 Å². The first-order chi connectivity index (χ1) is 11.6. The summed E-state index contributed by atoms with van der Waals surface area (Å²) in [7, 11) is 1.95. The Morgan fingerprint density at radius 3 is 2.42 bits per heavy atom. The van der Waals surface area contributed by atoms with Crippen LogP contribution in [-0.2, 0) is 0 Å². The second-order valence-electron chi connectivity index (χ2n) is 6.28. The van der Waals surface area contributed by atoms with E-state index in [4.69, 9.17) is 5.73 Å². The molecule has 1 aliphatic carbocycles. The molecule has 0 bridgehead atoms. The van der Waals surface area contributed by atoms with Gasteiger partial charge in [0, 0.05) is 30.3 Å². The molecule has 0 amide bonds. The molecule has 118 valence electrons. The summed E-state index contributed by atoms with van der Waals surface area (Å²) in [6.45, 7) is 1.34. The fourth-order valence-corrected chi connectivity index (χ4v) is 3.77. The maximum atomic E-state index is 9.90. The second kappa shape index (κ2) is 5.85. The highest BCUT2D eigenvalue weighted by atomic mass is 15.1. The number of hydrogen-bond donors (Lipinski definition) is 1. The van der Waals surface area contributed by atoms with Gasteiger partial charge in [-0.3, -0.25) is 0 Å². The molecule has 0 radical (unpaired) electrons. The summed E-state index contributed by atoms with van der Waals surface area (Å²) in [6, 6.07) is 15.7. The first-order valence-electron chi connectivity index (χ1n) is 7.75. The monoisotopic (exact) mass is 315 g/mol. The summed E-state index contributed by atoms with van der Waals surface area (Å²) in [5, 5.41) is 29.6. The molecule has 0 saturated heterocycles. The van der Waals surface area contributed by atoms with Crippen molar-refractivity contribution >= 4 is 5.57 Å². The van der Waals surface area contributed by atoms with Crippen LogP contribution in [0.15, 0.2) is 47.7 Å². The zero-order chi connectivity index (χ0) is 17.3. The molecule has 0 saturated carbocycles. The predicted octanol–water partition coefficient (Wildman–Crippen LogP) is 2.03. The maximum absolute atomic E-state index is 9.90. The Morgan fingerprint density at radius 2 is 1.83 bits per heavy atom. The molecule has 5 nitrogen and oxygen atoms in total. The van der Waals surface area contributed by atoms with Crippen LogP contribution in [0, 0.1) is 51.2 Å². The second-order valence-corrected chi connectivity index (χ2v) is 6.28. The summed E-state index contributed by atoms with van der Waals surface area (Å²) >= 11 is 0. The van der Waals surface area contributed by atoms with Gasteiger partial charge in [-0.2, -0.15) is 15.8 Å². The summed E-state index contributed by atoms with van der Waals surface area (Å²) < 4.78 is 0. The molecule has 1 aromatic carbocycles. The molecule has 1 aromatic rings. The van der Waals surface area contributed by atoms with Crippen LogP contribution in [0.5, 0.6) is 0 Å². The van der Waals surface area contributed by atoms with E-state index in [9.17, 15) is 15.8 Å². The number of hydrogen-bond acceptors (Lipinski definition) is 5. The zero-order valence-electron chi connectivity index (χ0n) is 13.4. The molecule has 0 spiro atoms. The number of rotatable bonds is 1. The standard InChI is InChI=1S/C19H17N5/c1-24-8-7-14-15(10-24)16(9-20)19(11-21,12-22)17(18(14)23)13-5-3-2-4-6-13/h2-7,15-16H,8,10,23H2,1H3. The molecule has 5 heteroatoms. The fraction of sp³-hybridized carbons (Fsp3) is 0.316. The average Bonchev–Trinajstić information content (AvgIpc) is 2.61. The van der Waals surface area contributed by atoms with Gasteiger partial charge in [0.1, 0.15) is 0 Å². The van der Waals surface area contributed by atoms with Gasteiger partial charge in [0.05, 0.1) is 24.1 Å². The number of nitrogens with zero attached hydrogens (tertiary/aromatic N) is 4. The Labute approximate surface area is 141 Å². The van der Waals surface area contributed by atoms with Crippen LogP contribution in [0.1, 0.15) is 5.56 Å². The predicted molar refractivity (Wildman–Crippen MR) is 89.4 cm³/mol. The van der Waals surface area contributed by atoms with Crippen molar-refractivity contribution in [2.24, 2.45) is 23.0 Å². The van der Waals surface area contributed by atoms with Crippen molar-refractivity contribution in [1.82, 2.24) is 4.90 Å². The molecular weight excluding hydrogens is 298 g/mol. The fourth-order valence-electron chi connectivity index (χ4n) is 3.77. The third-order valence-corrected chi connectivity index (χ3v) is 4.93. The lowest BCUT2D eigenvalue weighted by Gasteiger charge is -2.43. The van der Waals surface area contributed by atoms with Crippen molar-refractivity contribution < 1.29 is 0 Å². The van der Waals surface area contributed by atoms with Crippen LogP contribution in [0.25, 0.3) is 5.57 Å². The van der Waals surface area contributed by atoms with Crippen LogP contribution in [0.2, 0.25) is 0 Å². The van der Waals surface area contributed by atoms with Crippen LogP contribution in [0.3, 0.4) is 0 Å². The lowest BCUT2D eigenvalue weighted by molar-refractivity contribution is 0.236. The number of benzene rings is 1. The largest absolute Gasteiger partial charge is 0.398 e. The van der Waals surface area contributed by atoms with E-state index in [-0.39, 0.29) is 5.92 Å². The molecule has 2 N–H and O–H groups in total. The minimum absolute atomic E-state index is 0.236. The Kier molecular flexibility index (Phi) is 3.86. The lowest BCUT2D eigenvalue weighted by Crippen LogP contribution is -2.47. The highest BCUT2D eigenvalue weighted by Gasteiger charge is 2.54. The van der Waals surface area contributed by atoms with Gasteiger partial charge < -0.3 is 10.6 Å². The number of nitrogens with two attached hydrogens (primary N) is 1. The Bertz CT molecular complexity index is 830. The highest BCUT2D eigenvalue weighted by Crippen LogP contribution is 2.53. The summed E-state index contributed by atoms with van der Waals surface area (Å²) in [5.74, 6) is -0.996. The molecular formula is C19H17N5. The molecule has 0 fully saturated rings. The van der Waals surface area contributed by atoms with Crippen molar-refractivity contribution in [1.29, 1.82) is 15.8 Å². The van der Waals surface area contributed by atoms with E-state index in [0.717, 1.165) is 17.7 Å². The molecule has 3 rings (SSSR count). The van der Waals surface area contributed by atoms with Crippen molar-refractivity contribution in [2.75, 3.05) is 20.1 Å². The average molecular weight is 315 g/mol. The first-order valence-corrected chi connectivity index (χ1v) is 7.75. The van der Waals surface area contributed by atoms with E-state index in [2.05, 4.69) is 23.1 Å². The third-order valence-electron chi connectivity index (χ3n) is 4.93. The van der Waals surface area contributed by atoms with E-state index in [1.165, 1.54) is 0 Å². The molecule has 2 atom stereocenters. The molecule has 0 aromatic heterocycles. The van der Waals surface area contributed by atoms with Crippen molar-refractivity contribution in [3.8, 4) is 18.2 Å². The van der Waals surface area contributed by atoms with Crippen molar-refractivity contribution in [3.63, 3.8) is 0 Å². The first kappa shape index (κ1) is 15.8. The van der Waals surface area contributed by atoms with E-state index < -0.39 is 11.3 Å². The molecule has 24 heavy (non-hydrogen) atoms. The number of allylic oxidation sites excluding steroid dienone is 2. The van der Waals surface area contributed by atoms with Crippen LogP contribution < -0.4 is 5.73 Å². The van der Waals surface area contributed by atoms with E-state index in [0.29, 0.717) is 17.8 Å². The van der Waals surface area contributed by atoms with E-state index in [1.807, 2.05) is 43.5 Å².